The van der Waals surface area contributed by atoms with Gasteiger partial charge in [-0.05, 0) is 0 Å². The van der Waals surface area contributed by atoms with Crippen LogP contribution in [0.25, 0.3) is 16.8 Å². The molecule has 12 heteroatoms. The molecule has 4 heterocycles. The number of H-pyrrole nitrogens is 1. The zero-order valence-electron chi connectivity index (χ0n) is 12.2. The molecule has 1 saturated heterocycles. The summed E-state index contributed by atoms with van der Waals surface area (Å²) in [5, 5.41) is 10.0. The fraction of sp³-hybridized carbons (Fsp3) is 0.417. The Hall–Kier alpha value is -1.88. The second kappa shape index (κ2) is 5.88. The van der Waals surface area contributed by atoms with Crippen LogP contribution in [0.4, 0.5) is 0 Å². The quantitative estimate of drug-likeness (QED) is 0.447. The lowest BCUT2D eigenvalue weighted by atomic mass is 10.2. The van der Waals surface area contributed by atoms with Crippen molar-refractivity contribution in [2.75, 3.05) is 6.61 Å². The summed E-state index contributed by atoms with van der Waals surface area (Å²) in [6.45, 7) is -0.189. The van der Waals surface area contributed by atoms with Gasteiger partial charge in [0.05, 0.1) is 12.7 Å². The predicted molar refractivity (Wildman–Crippen MR) is 80.9 cm³/mol. The number of aliphatic hydroxyl groups is 1. The van der Waals surface area contributed by atoms with Gasteiger partial charge < -0.3 is 29.1 Å². The summed E-state index contributed by atoms with van der Waals surface area (Å²) in [5.74, 6) is 0. The van der Waals surface area contributed by atoms with Gasteiger partial charge in [-0.3, -0.25) is 4.40 Å². The van der Waals surface area contributed by atoms with Crippen LogP contribution in [-0.2, 0) is 9.26 Å². The second-order valence-corrected chi connectivity index (χ2v) is 6.15. The van der Waals surface area contributed by atoms with Crippen LogP contribution in [0, 0.1) is 0 Å². The first kappa shape index (κ1) is 15.6. The van der Waals surface area contributed by atoms with Crippen molar-refractivity contribution in [1.82, 2.24) is 23.9 Å². The maximum atomic E-state index is 12.3. The van der Waals surface area contributed by atoms with Crippen LogP contribution in [0.15, 0.2) is 23.5 Å². The summed E-state index contributed by atoms with van der Waals surface area (Å²) < 4.78 is 13.3. The Morgan fingerprint density at radius 2 is 2.25 bits per heavy atom. The highest BCUT2D eigenvalue weighted by Crippen LogP contribution is 2.33. The summed E-state index contributed by atoms with van der Waals surface area (Å²) >= 11 is 0. The third-order valence-corrected chi connectivity index (χ3v) is 4.33. The van der Waals surface area contributed by atoms with Gasteiger partial charge in [0, 0.05) is 18.8 Å². The molecule has 24 heavy (non-hydrogen) atoms. The number of aromatic nitrogens is 5. The highest BCUT2D eigenvalue weighted by atomic mass is 31.2. The number of rotatable bonds is 4. The average molecular weight is 355 g/mol. The molecule has 1 fully saturated rings. The topological polar surface area (TPSA) is 147 Å². The lowest BCUT2D eigenvalue weighted by Crippen LogP contribution is -2.26. The summed E-state index contributed by atoms with van der Waals surface area (Å²) in [6.07, 6.45) is 2.56. The molecule has 128 valence electrons. The first-order valence-electron chi connectivity index (χ1n) is 7.11. The molecule has 11 nitrogen and oxygen atoms in total. The summed E-state index contributed by atoms with van der Waals surface area (Å²) in [4.78, 5) is 41.1. The minimum Gasteiger partial charge on any atom is -0.390 e. The van der Waals surface area contributed by atoms with Crippen LogP contribution in [0.2, 0.25) is 0 Å². The number of nitrogens with zero attached hydrogens (tertiary/aromatic N) is 4. The Kier molecular flexibility index (Phi) is 3.83. The lowest BCUT2D eigenvalue weighted by Gasteiger charge is -2.15. The van der Waals surface area contributed by atoms with Crippen LogP contribution in [0.3, 0.4) is 0 Å². The SMILES string of the molecule is O=c1[nH]c2c(ncn3ccnc23)n1[C@H]1C[C@H](O)[C@@H](COP(O)O)O1. The molecular weight excluding hydrogens is 341 g/mol. The number of hydrogen-bond donors (Lipinski definition) is 4. The third kappa shape index (κ3) is 2.51. The monoisotopic (exact) mass is 355 g/mol. The van der Waals surface area contributed by atoms with E-state index in [1.54, 1.807) is 16.8 Å². The molecule has 4 N–H and O–H groups in total. The van der Waals surface area contributed by atoms with Gasteiger partial charge in [0.2, 0.25) is 0 Å². The zero-order chi connectivity index (χ0) is 16.8. The molecule has 0 unspecified atom stereocenters. The van der Waals surface area contributed by atoms with E-state index in [4.69, 9.17) is 19.0 Å². The van der Waals surface area contributed by atoms with E-state index < -0.39 is 32.7 Å². The van der Waals surface area contributed by atoms with Crippen LogP contribution in [0.5, 0.6) is 0 Å². The van der Waals surface area contributed by atoms with Crippen LogP contribution in [-0.4, -0.2) is 57.6 Å². The fourth-order valence-corrected chi connectivity index (χ4v) is 3.15. The molecule has 0 aromatic carbocycles. The van der Waals surface area contributed by atoms with Crippen molar-refractivity contribution in [2.45, 2.75) is 24.9 Å². The van der Waals surface area contributed by atoms with E-state index in [1.807, 2.05) is 0 Å². The number of fused-ring (bicyclic) bond motifs is 3. The molecule has 3 aromatic rings. The Balaban J connectivity index is 1.69. The standard InChI is InChI=1S/C12H14N5O6P/c18-6-3-8(23-7(6)4-22-24(20)21)17-11-9(15-12(17)19)10-13-1-2-16(10)5-14-11/h1-2,5-8,18,20-21H,3-4H2,(H,15,19)/t6-,7+,8+/m0/s1. The Morgan fingerprint density at radius 3 is 3.04 bits per heavy atom. The number of ether oxygens (including phenoxy) is 1. The minimum absolute atomic E-state index is 0.150. The highest BCUT2D eigenvalue weighted by molar-refractivity contribution is 7.39. The molecule has 4 rings (SSSR count). The van der Waals surface area contributed by atoms with Gasteiger partial charge in [-0.15, -0.1) is 0 Å². The smallest absolute Gasteiger partial charge is 0.329 e. The number of aliphatic hydroxyl groups excluding tert-OH is 1. The molecule has 3 atom stereocenters. The molecule has 0 bridgehead atoms. The van der Waals surface area contributed by atoms with E-state index in [1.165, 1.54) is 10.9 Å². The Bertz CT molecular complexity index is 935. The van der Waals surface area contributed by atoms with Crippen molar-refractivity contribution in [3.8, 4) is 0 Å². The maximum absolute atomic E-state index is 12.3. The fourth-order valence-electron chi connectivity index (χ4n) is 2.87. The molecule has 0 radical (unpaired) electrons. The van der Waals surface area contributed by atoms with Crippen LogP contribution < -0.4 is 5.69 Å². The van der Waals surface area contributed by atoms with Crippen molar-refractivity contribution in [3.63, 3.8) is 0 Å². The number of imidazole rings is 2. The van der Waals surface area contributed by atoms with Crippen molar-refractivity contribution >= 4 is 25.4 Å². The molecule has 1 aliphatic heterocycles. The summed E-state index contributed by atoms with van der Waals surface area (Å²) in [7, 11) is -2.53. The van der Waals surface area contributed by atoms with Gasteiger partial charge in [-0.25, -0.2) is 19.3 Å². The Morgan fingerprint density at radius 1 is 1.42 bits per heavy atom. The molecule has 3 aromatic heterocycles. The Labute approximate surface area is 135 Å². The van der Waals surface area contributed by atoms with E-state index in [0.29, 0.717) is 16.8 Å². The number of nitrogens with one attached hydrogen (secondary N) is 1. The van der Waals surface area contributed by atoms with E-state index in [0.717, 1.165) is 0 Å². The molecule has 0 saturated carbocycles. The molecule has 0 amide bonds. The third-order valence-electron chi connectivity index (χ3n) is 3.95. The minimum atomic E-state index is -2.53. The van der Waals surface area contributed by atoms with Crippen molar-refractivity contribution in [1.29, 1.82) is 0 Å². The molecule has 1 aliphatic rings. The van der Waals surface area contributed by atoms with Crippen molar-refractivity contribution in [2.24, 2.45) is 0 Å². The average Bonchev–Trinajstić information content (AvgIpc) is 3.20. The van der Waals surface area contributed by atoms with Gasteiger partial charge in [0.15, 0.2) is 11.3 Å². The van der Waals surface area contributed by atoms with Gasteiger partial charge in [-0.1, -0.05) is 0 Å². The van der Waals surface area contributed by atoms with Gasteiger partial charge >= 0.3 is 14.3 Å². The van der Waals surface area contributed by atoms with Gasteiger partial charge in [-0.2, -0.15) is 0 Å². The van der Waals surface area contributed by atoms with E-state index >= 15 is 0 Å². The van der Waals surface area contributed by atoms with Gasteiger partial charge in [0.25, 0.3) is 0 Å². The molecular formula is C12H14N5O6P. The first-order chi connectivity index (χ1) is 11.5. The van der Waals surface area contributed by atoms with Crippen molar-refractivity contribution in [3.05, 3.63) is 29.2 Å². The summed E-state index contributed by atoms with van der Waals surface area (Å²) in [6, 6.07) is 0. The maximum Gasteiger partial charge on any atom is 0.329 e. The normalized spacial score (nSPS) is 24.6. The largest absolute Gasteiger partial charge is 0.390 e. The lowest BCUT2D eigenvalue weighted by molar-refractivity contribution is -0.0407. The molecule has 0 spiro atoms. The van der Waals surface area contributed by atoms with Crippen LogP contribution >= 0.6 is 8.60 Å². The van der Waals surface area contributed by atoms with Crippen molar-refractivity contribution < 1.29 is 24.2 Å². The highest BCUT2D eigenvalue weighted by Gasteiger charge is 2.37. The van der Waals surface area contributed by atoms with E-state index in [2.05, 4.69) is 15.0 Å². The van der Waals surface area contributed by atoms with E-state index in [9.17, 15) is 9.90 Å². The second-order valence-electron chi connectivity index (χ2n) is 5.38. The van der Waals surface area contributed by atoms with Crippen LogP contribution in [0.1, 0.15) is 12.6 Å². The zero-order valence-corrected chi connectivity index (χ0v) is 13.1. The first-order valence-corrected chi connectivity index (χ1v) is 8.27. The molecule has 0 aliphatic carbocycles. The van der Waals surface area contributed by atoms with Gasteiger partial charge in [0.1, 0.15) is 24.2 Å². The van der Waals surface area contributed by atoms with E-state index in [-0.39, 0.29) is 13.0 Å². The predicted octanol–water partition coefficient (Wildman–Crippen LogP) is -0.751. The summed E-state index contributed by atoms with van der Waals surface area (Å²) in [5.41, 5.74) is 0.961. The number of hydrogen-bond acceptors (Lipinski definition) is 8. The number of aromatic amines is 1.